The molecule has 0 fully saturated rings. The summed E-state index contributed by atoms with van der Waals surface area (Å²) in [6.45, 7) is 1.24. The van der Waals surface area contributed by atoms with E-state index >= 15 is 0 Å². The first-order chi connectivity index (χ1) is 13.7. The molecule has 0 aliphatic carbocycles. The lowest BCUT2D eigenvalue weighted by atomic mass is 10.0. The first-order valence-corrected chi connectivity index (χ1v) is 8.53. The maximum absolute atomic E-state index is 14.1. The van der Waals surface area contributed by atoms with Crippen LogP contribution in [0.3, 0.4) is 0 Å². The molecule has 0 aliphatic rings. The van der Waals surface area contributed by atoms with Crippen molar-refractivity contribution in [3.05, 3.63) is 59.2 Å². The average Bonchev–Trinajstić information content (AvgIpc) is 2.68. The summed E-state index contributed by atoms with van der Waals surface area (Å²) in [6.07, 6.45) is 0.0925. The summed E-state index contributed by atoms with van der Waals surface area (Å²) >= 11 is 0. The number of nitrogens with one attached hydrogen (secondary N) is 2. The van der Waals surface area contributed by atoms with Crippen molar-refractivity contribution < 1.29 is 32.6 Å². The number of carbonyl (C=O) groups excluding carboxylic acids is 3. The molecule has 0 spiro atoms. The van der Waals surface area contributed by atoms with Crippen molar-refractivity contribution in [2.45, 2.75) is 19.4 Å². The number of hydrogen-bond acceptors (Lipinski definition) is 5. The first kappa shape index (κ1) is 21.8. The van der Waals surface area contributed by atoms with Crippen molar-refractivity contribution in [2.24, 2.45) is 0 Å². The smallest absolute Gasteiger partial charge is 0.340 e. The molecule has 0 saturated heterocycles. The highest BCUT2D eigenvalue weighted by atomic mass is 19.1. The van der Waals surface area contributed by atoms with Gasteiger partial charge in [0, 0.05) is 19.4 Å². The van der Waals surface area contributed by atoms with E-state index in [1.807, 2.05) is 0 Å². The number of esters is 1. The van der Waals surface area contributed by atoms with E-state index < -0.39 is 46.7 Å². The van der Waals surface area contributed by atoms with Crippen LogP contribution < -0.4 is 15.4 Å². The number of benzene rings is 2. The minimum absolute atomic E-state index is 0.0925. The Bertz CT molecular complexity index is 933. The second-order valence-corrected chi connectivity index (χ2v) is 6.10. The van der Waals surface area contributed by atoms with Crippen LogP contribution in [0, 0.1) is 11.6 Å². The van der Waals surface area contributed by atoms with Crippen LogP contribution in [-0.2, 0) is 20.7 Å². The molecule has 154 valence electrons. The minimum atomic E-state index is -1.12. The third-order valence-electron chi connectivity index (χ3n) is 3.99. The molecule has 0 unspecified atom stereocenters. The molecule has 1 atom stereocenters. The maximum Gasteiger partial charge on any atom is 0.340 e. The standard InChI is InChI=1S/C20H20F2N2O5/c1-11(25)23-18(8-12-5-4-6-13(7-12)28-2)19(26)24-17-9-14(20(27)29-3)15(21)10-16(17)22/h4-7,9-10,18H,8H2,1-3H3,(H,23,25)(H,24,26)/t18-/m0/s1. The summed E-state index contributed by atoms with van der Waals surface area (Å²) in [4.78, 5) is 35.8. The maximum atomic E-state index is 14.1. The second kappa shape index (κ2) is 9.63. The van der Waals surface area contributed by atoms with Crippen LogP contribution in [0.5, 0.6) is 5.75 Å². The molecule has 0 saturated carbocycles. The predicted molar refractivity (Wildman–Crippen MR) is 101 cm³/mol. The third-order valence-corrected chi connectivity index (χ3v) is 3.99. The molecule has 2 aromatic carbocycles. The summed E-state index contributed by atoms with van der Waals surface area (Å²) < 4.78 is 37.4. The molecule has 2 amide bonds. The van der Waals surface area contributed by atoms with Crippen LogP contribution in [0.2, 0.25) is 0 Å². The Morgan fingerprint density at radius 1 is 1.07 bits per heavy atom. The van der Waals surface area contributed by atoms with Crippen molar-refractivity contribution in [1.82, 2.24) is 5.32 Å². The largest absolute Gasteiger partial charge is 0.497 e. The van der Waals surface area contributed by atoms with Gasteiger partial charge in [-0.25, -0.2) is 13.6 Å². The molecule has 2 aromatic rings. The summed E-state index contributed by atoms with van der Waals surface area (Å²) in [6, 6.07) is 7.13. The van der Waals surface area contributed by atoms with Gasteiger partial charge in [0.2, 0.25) is 11.8 Å². The Labute approximate surface area is 166 Å². The van der Waals surface area contributed by atoms with Crippen LogP contribution in [0.1, 0.15) is 22.8 Å². The SMILES string of the molecule is COC(=O)c1cc(NC(=O)[C@H](Cc2cccc(OC)c2)NC(C)=O)c(F)cc1F. The van der Waals surface area contributed by atoms with Gasteiger partial charge in [-0.05, 0) is 23.8 Å². The Kier molecular flexibility index (Phi) is 7.24. The van der Waals surface area contributed by atoms with E-state index in [1.54, 1.807) is 24.3 Å². The highest BCUT2D eigenvalue weighted by Crippen LogP contribution is 2.21. The van der Waals surface area contributed by atoms with Crippen molar-refractivity contribution in [2.75, 3.05) is 19.5 Å². The number of rotatable bonds is 7. The number of hydrogen-bond donors (Lipinski definition) is 2. The Morgan fingerprint density at radius 3 is 2.41 bits per heavy atom. The van der Waals surface area contributed by atoms with Crippen molar-refractivity contribution in [3.63, 3.8) is 0 Å². The van der Waals surface area contributed by atoms with Gasteiger partial charge < -0.3 is 20.1 Å². The number of ether oxygens (including phenoxy) is 2. The Morgan fingerprint density at radius 2 is 1.79 bits per heavy atom. The zero-order chi connectivity index (χ0) is 21.6. The van der Waals surface area contributed by atoms with Crippen molar-refractivity contribution in [3.8, 4) is 5.75 Å². The predicted octanol–water partition coefficient (Wildman–Crippen LogP) is 2.45. The fourth-order valence-corrected chi connectivity index (χ4v) is 2.62. The summed E-state index contributed by atoms with van der Waals surface area (Å²) in [5.41, 5.74) is -0.265. The van der Waals surface area contributed by atoms with Gasteiger partial charge in [-0.15, -0.1) is 0 Å². The Hall–Kier alpha value is -3.49. The van der Waals surface area contributed by atoms with E-state index in [0.717, 1.165) is 13.2 Å². The molecule has 0 radical (unpaired) electrons. The first-order valence-electron chi connectivity index (χ1n) is 8.53. The molecule has 0 bridgehead atoms. The molecule has 0 aromatic heterocycles. The normalized spacial score (nSPS) is 11.3. The van der Waals surface area contributed by atoms with Gasteiger partial charge in [-0.2, -0.15) is 0 Å². The quantitative estimate of drug-likeness (QED) is 0.689. The highest BCUT2D eigenvalue weighted by molar-refractivity contribution is 5.98. The van der Waals surface area contributed by atoms with Gasteiger partial charge >= 0.3 is 5.97 Å². The average molecular weight is 406 g/mol. The van der Waals surface area contributed by atoms with Gasteiger partial charge in [0.15, 0.2) is 0 Å². The lowest BCUT2D eigenvalue weighted by Crippen LogP contribution is -2.44. The Balaban J connectivity index is 2.28. The molecular weight excluding hydrogens is 386 g/mol. The fourth-order valence-electron chi connectivity index (χ4n) is 2.62. The van der Waals surface area contributed by atoms with Gasteiger partial charge in [0.1, 0.15) is 23.4 Å². The van der Waals surface area contributed by atoms with Gasteiger partial charge in [0.05, 0.1) is 25.5 Å². The summed E-state index contributed by atoms with van der Waals surface area (Å²) in [5, 5.41) is 4.76. The summed E-state index contributed by atoms with van der Waals surface area (Å²) in [5.74, 6) is -3.87. The van der Waals surface area contributed by atoms with E-state index in [1.165, 1.54) is 14.0 Å². The monoisotopic (exact) mass is 406 g/mol. The lowest BCUT2D eigenvalue weighted by molar-refractivity contribution is -0.125. The minimum Gasteiger partial charge on any atom is -0.497 e. The van der Waals surface area contributed by atoms with Crippen LogP contribution in [-0.4, -0.2) is 38.0 Å². The molecule has 0 heterocycles. The molecule has 9 heteroatoms. The van der Waals surface area contributed by atoms with E-state index in [2.05, 4.69) is 15.4 Å². The topological polar surface area (TPSA) is 93.7 Å². The van der Waals surface area contributed by atoms with E-state index in [0.29, 0.717) is 17.4 Å². The zero-order valence-corrected chi connectivity index (χ0v) is 16.0. The van der Waals surface area contributed by atoms with Crippen molar-refractivity contribution in [1.29, 1.82) is 0 Å². The second-order valence-electron chi connectivity index (χ2n) is 6.10. The number of amides is 2. The molecule has 2 rings (SSSR count). The third kappa shape index (κ3) is 5.74. The number of methoxy groups -OCH3 is 2. The van der Waals surface area contributed by atoms with Crippen LogP contribution in [0.25, 0.3) is 0 Å². The number of carbonyl (C=O) groups is 3. The van der Waals surface area contributed by atoms with Gasteiger partial charge in [-0.3, -0.25) is 9.59 Å². The van der Waals surface area contributed by atoms with Crippen molar-refractivity contribution >= 4 is 23.5 Å². The van der Waals surface area contributed by atoms with Crippen LogP contribution in [0.15, 0.2) is 36.4 Å². The number of anilines is 1. The van der Waals surface area contributed by atoms with Gasteiger partial charge in [0.25, 0.3) is 0 Å². The molecular formula is C20H20F2N2O5. The van der Waals surface area contributed by atoms with E-state index in [4.69, 9.17) is 4.74 Å². The fraction of sp³-hybridized carbons (Fsp3) is 0.250. The lowest BCUT2D eigenvalue weighted by Gasteiger charge is -2.18. The molecule has 7 nitrogen and oxygen atoms in total. The highest BCUT2D eigenvalue weighted by Gasteiger charge is 2.23. The van der Waals surface area contributed by atoms with Crippen LogP contribution >= 0.6 is 0 Å². The molecule has 29 heavy (non-hydrogen) atoms. The van der Waals surface area contributed by atoms with E-state index in [-0.39, 0.29) is 6.42 Å². The zero-order valence-electron chi connectivity index (χ0n) is 16.0. The van der Waals surface area contributed by atoms with Gasteiger partial charge in [-0.1, -0.05) is 12.1 Å². The molecule has 2 N–H and O–H groups in total. The number of halogens is 2. The molecule has 0 aliphatic heterocycles. The summed E-state index contributed by atoms with van der Waals surface area (Å²) in [7, 11) is 2.54. The van der Waals surface area contributed by atoms with E-state index in [9.17, 15) is 23.2 Å². The van der Waals surface area contributed by atoms with Crippen LogP contribution in [0.4, 0.5) is 14.5 Å².